The second-order valence-electron chi connectivity index (χ2n) is 4.72. The molecule has 0 unspecified atom stereocenters. The van der Waals surface area contributed by atoms with Gasteiger partial charge in [-0.25, -0.2) is 4.98 Å². The lowest BCUT2D eigenvalue weighted by Gasteiger charge is -2.08. The van der Waals surface area contributed by atoms with Crippen LogP contribution in [-0.2, 0) is 11.3 Å². The average molecular weight is 296 g/mol. The summed E-state index contributed by atoms with van der Waals surface area (Å²) < 4.78 is 7.43. The second kappa shape index (κ2) is 6.28. The molecule has 1 aromatic carbocycles. The zero-order valence-corrected chi connectivity index (χ0v) is 11.9. The van der Waals surface area contributed by atoms with Crippen LogP contribution >= 0.6 is 0 Å². The summed E-state index contributed by atoms with van der Waals surface area (Å²) in [6.07, 6.45) is 3.56. The van der Waals surface area contributed by atoms with Gasteiger partial charge in [0.25, 0.3) is 5.91 Å². The van der Waals surface area contributed by atoms with Crippen molar-refractivity contribution in [3.8, 4) is 5.75 Å². The van der Waals surface area contributed by atoms with Crippen molar-refractivity contribution in [1.82, 2.24) is 9.38 Å². The van der Waals surface area contributed by atoms with Crippen molar-refractivity contribution < 1.29 is 9.53 Å². The molecule has 6 heteroatoms. The van der Waals surface area contributed by atoms with Crippen molar-refractivity contribution in [1.29, 1.82) is 0 Å². The topological polar surface area (TPSA) is 81.7 Å². The number of carbonyl (C=O) groups excluding carboxylic acids is 1. The Labute approximate surface area is 127 Å². The van der Waals surface area contributed by atoms with Gasteiger partial charge in [-0.15, -0.1) is 0 Å². The van der Waals surface area contributed by atoms with Crippen molar-refractivity contribution >= 4 is 17.2 Å². The molecule has 2 aromatic heterocycles. The van der Waals surface area contributed by atoms with E-state index < -0.39 is 0 Å². The smallest absolute Gasteiger partial charge is 0.262 e. The fraction of sp³-hybridized carbons (Fsp3) is 0.125. The normalized spacial score (nSPS) is 10.6. The molecule has 112 valence electrons. The van der Waals surface area contributed by atoms with Crippen LogP contribution in [0.25, 0.3) is 5.65 Å². The van der Waals surface area contributed by atoms with Crippen LogP contribution < -0.4 is 15.8 Å². The Hall–Kier alpha value is -2.86. The molecule has 6 nitrogen and oxygen atoms in total. The quantitative estimate of drug-likeness (QED) is 0.752. The van der Waals surface area contributed by atoms with E-state index in [-0.39, 0.29) is 12.5 Å². The summed E-state index contributed by atoms with van der Waals surface area (Å²) in [5.74, 6) is 0.323. The van der Waals surface area contributed by atoms with Gasteiger partial charge >= 0.3 is 0 Å². The lowest BCUT2D eigenvalue weighted by Crippen LogP contribution is -2.20. The summed E-state index contributed by atoms with van der Waals surface area (Å²) in [6.45, 7) is 0.304. The highest BCUT2D eigenvalue weighted by atomic mass is 16.5. The zero-order valence-electron chi connectivity index (χ0n) is 11.9. The van der Waals surface area contributed by atoms with E-state index in [9.17, 15) is 4.79 Å². The lowest BCUT2D eigenvalue weighted by atomic mass is 10.3. The average Bonchev–Trinajstić information content (AvgIpc) is 2.97. The number of para-hydroxylation sites is 1. The maximum Gasteiger partial charge on any atom is 0.262 e. The number of carbonyl (C=O) groups is 1. The number of anilines is 1. The molecule has 0 radical (unpaired) electrons. The molecule has 3 aromatic rings. The molecule has 0 bridgehead atoms. The summed E-state index contributed by atoms with van der Waals surface area (Å²) in [7, 11) is 0. The van der Waals surface area contributed by atoms with Gasteiger partial charge in [0.1, 0.15) is 0 Å². The molecule has 0 atom stereocenters. The first kappa shape index (κ1) is 14.1. The van der Waals surface area contributed by atoms with Gasteiger partial charge in [-0.3, -0.25) is 9.20 Å². The summed E-state index contributed by atoms with van der Waals surface area (Å²) in [5.41, 5.74) is 7.92. The molecule has 0 fully saturated rings. The molecular weight excluding hydrogens is 280 g/mol. The Morgan fingerprint density at radius 1 is 1.23 bits per heavy atom. The van der Waals surface area contributed by atoms with Gasteiger partial charge < -0.3 is 15.8 Å². The first-order valence-electron chi connectivity index (χ1n) is 6.90. The molecule has 0 aliphatic carbocycles. The molecule has 0 aliphatic rings. The first-order valence-corrected chi connectivity index (χ1v) is 6.90. The number of hydrogen-bond donors (Lipinski definition) is 2. The molecule has 0 saturated carbocycles. The van der Waals surface area contributed by atoms with Crippen LogP contribution in [0.3, 0.4) is 0 Å². The fourth-order valence-electron chi connectivity index (χ4n) is 2.16. The standard InChI is InChI=1S/C16H16N4O2/c17-9-13-10-18-16-14(7-4-8-20(13)16)22-11-15(21)19-12-5-2-1-3-6-12/h1-8,10H,9,11,17H2,(H,19,21). The predicted molar refractivity (Wildman–Crippen MR) is 83.7 cm³/mol. The number of benzene rings is 1. The lowest BCUT2D eigenvalue weighted by molar-refractivity contribution is -0.118. The van der Waals surface area contributed by atoms with Gasteiger partial charge in [0.15, 0.2) is 18.0 Å². The molecule has 3 N–H and O–H groups in total. The van der Waals surface area contributed by atoms with Gasteiger partial charge in [0, 0.05) is 18.4 Å². The minimum atomic E-state index is -0.223. The number of rotatable bonds is 5. The summed E-state index contributed by atoms with van der Waals surface area (Å²) in [5, 5.41) is 2.77. The Balaban J connectivity index is 1.69. The van der Waals surface area contributed by atoms with Crippen molar-refractivity contribution in [2.75, 3.05) is 11.9 Å². The van der Waals surface area contributed by atoms with E-state index in [2.05, 4.69) is 10.3 Å². The van der Waals surface area contributed by atoms with Gasteiger partial charge in [-0.2, -0.15) is 0 Å². The number of imidazole rings is 1. The van der Waals surface area contributed by atoms with E-state index >= 15 is 0 Å². The summed E-state index contributed by atoms with van der Waals surface area (Å²) >= 11 is 0. The Bertz CT molecular complexity index is 783. The molecule has 0 saturated heterocycles. The third-order valence-electron chi connectivity index (χ3n) is 3.20. The van der Waals surface area contributed by atoms with Crippen LogP contribution in [0.15, 0.2) is 54.9 Å². The number of ether oxygens (including phenoxy) is 1. The minimum absolute atomic E-state index is 0.0839. The fourth-order valence-corrected chi connectivity index (χ4v) is 2.16. The minimum Gasteiger partial charge on any atom is -0.480 e. The Morgan fingerprint density at radius 3 is 2.82 bits per heavy atom. The van der Waals surface area contributed by atoms with Crippen LogP contribution in [0.5, 0.6) is 5.75 Å². The number of aromatic nitrogens is 2. The number of pyridine rings is 1. The summed E-state index contributed by atoms with van der Waals surface area (Å²) in [4.78, 5) is 16.2. The molecule has 22 heavy (non-hydrogen) atoms. The van der Waals surface area contributed by atoms with Crippen LogP contribution in [0.1, 0.15) is 5.69 Å². The number of nitrogens with one attached hydrogen (secondary N) is 1. The second-order valence-corrected chi connectivity index (χ2v) is 4.72. The molecular formula is C16H16N4O2. The third kappa shape index (κ3) is 2.91. The van der Waals surface area contributed by atoms with Gasteiger partial charge in [0.05, 0.1) is 11.9 Å². The van der Waals surface area contributed by atoms with E-state index in [0.29, 0.717) is 17.9 Å². The van der Waals surface area contributed by atoms with Gasteiger partial charge in [-0.1, -0.05) is 18.2 Å². The number of hydrogen-bond acceptors (Lipinski definition) is 4. The monoisotopic (exact) mass is 296 g/mol. The van der Waals surface area contributed by atoms with E-state index in [1.807, 2.05) is 47.0 Å². The van der Waals surface area contributed by atoms with E-state index in [0.717, 1.165) is 11.4 Å². The third-order valence-corrected chi connectivity index (χ3v) is 3.20. The van der Waals surface area contributed by atoms with Crippen molar-refractivity contribution in [2.24, 2.45) is 5.73 Å². The van der Waals surface area contributed by atoms with Gasteiger partial charge in [-0.05, 0) is 24.3 Å². The number of amides is 1. The van der Waals surface area contributed by atoms with Crippen molar-refractivity contribution in [2.45, 2.75) is 6.54 Å². The Kier molecular flexibility index (Phi) is 4.02. The largest absolute Gasteiger partial charge is 0.480 e. The van der Waals surface area contributed by atoms with Crippen LogP contribution in [0.2, 0.25) is 0 Å². The molecule has 3 rings (SSSR count). The number of nitrogens with zero attached hydrogens (tertiary/aromatic N) is 2. The van der Waals surface area contributed by atoms with Crippen molar-refractivity contribution in [3.63, 3.8) is 0 Å². The van der Waals surface area contributed by atoms with Crippen LogP contribution in [-0.4, -0.2) is 21.9 Å². The van der Waals surface area contributed by atoms with Crippen LogP contribution in [0, 0.1) is 0 Å². The predicted octanol–water partition coefficient (Wildman–Crippen LogP) is 1.81. The molecule has 1 amide bonds. The highest BCUT2D eigenvalue weighted by Crippen LogP contribution is 2.19. The maximum atomic E-state index is 11.9. The summed E-state index contributed by atoms with van der Waals surface area (Å²) in [6, 6.07) is 12.9. The zero-order chi connectivity index (χ0) is 15.4. The maximum absolute atomic E-state index is 11.9. The number of nitrogens with two attached hydrogens (primary N) is 1. The van der Waals surface area contributed by atoms with E-state index in [1.54, 1.807) is 12.3 Å². The van der Waals surface area contributed by atoms with Gasteiger partial charge in [0.2, 0.25) is 0 Å². The SMILES string of the molecule is NCc1cnc2c(OCC(=O)Nc3ccccc3)cccn12. The highest BCUT2D eigenvalue weighted by Gasteiger charge is 2.09. The molecule has 0 spiro atoms. The van der Waals surface area contributed by atoms with Crippen LogP contribution in [0.4, 0.5) is 5.69 Å². The number of fused-ring (bicyclic) bond motifs is 1. The van der Waals surface area contributed by atoms with Crippen molar-refractivity contribution in [3.05, 3.63) is 60.6 Å². The highest BCUT2D eigenvalue weighted by molar-refractivity contribution is 5.91. The molecule has 2 heterocycles. The van der Waals surface area contributed by atoms with E-state index in [4.69, 9.17) is 10.5 Å². The molecule has 0 aliphatic heterocycles. The van der Waals surface area contributed by atoms with E-state index in [1.165, 1.54) is 0 Å². The Morgan fingerprint density at radius 2 is 2.05 bits per heavy atom. The first-order chi connectivity index (χ1) is 10.8.